The SMILES string of the molecule is NC(CC(=O)O)C(=O)Nc1cccc(CO)c1. The first-order valence-corrected chi connectivity index (χ1v) is 5.01. The second kappa shape index (κ2) is 5.97. The Morgan fingerprint density at radius 3 is 2.71 bits per heavy atom. The Morgan fingerprint density at radius 1 is 1.41 bits per heavy atom. The van der Waals surface area contributed by atoms with Gasteiger partial charge in [0.15, 0.2) is 0 Å². The molecule has 1 atom stereocenters. The number of rotatable bonds is 5. The van der Waals surface area contributed by atoms with Crippen molar-refractivity contribution >= 4 is 17.6 Å². The molecule has 0 aliphatic carbocycles. The number of carboxylic acid groups (broad SMARTS) is 1. The van der Waals surface area contributed by atoms with Gasteiger partial charge >= 0.3 is 5.97 Å². The van der Waals surface area contributed by atoms with E-state index >= 15 is 0 Å². The van der Waals surface area contributed by atoms with Crippen molar-refractivity contribution in [3.8, 4) is 0 Å². The lowest BCUT2D eigenvalue weighted by molar-refractivity contribution is -0.138. The van der Waals surface area contributed by atoms with Crippen molar-refractivity contribution in [1.82, 2.24) is 0 Å². The molecule has 0 saturated heterocycles. The van der Waals surface area contributed by atoms with Crippen molar-refractivity contribution in [3.63, 3.8) is 0 Å². The van der Waals surface area contributed by atoms with Gasteiger partial charge in [-0.1, -0.05) is 12.1 Å². The van der Waals surface area contributed by atoms with E-state index in [1.54, 1.807) is 24.3 Å². The van der Waals surface area contributed by atoms with Crippen molar-refractivity contribution in [2.75, 3.05) is 5.32 Å². The van der Waals surface area contributed by atoms with Crippen LogP contribution in [0.1, 0.15) is 12.0 Å². The average molecular weight is 238 g/mol. The van der Waals surface area contributed by atoms with Crippen molar-refractivity contribution in [3.05, 3.63) is 29.8 Å². The van der Waals surface area contributed by atoms with Gasteiger partial charge in [0.1, 0.15) is 0 Å². The van der Waals surface area contributed by atoms with Crippen LogP contribution in [0.15, 0.2) is 24.3 Å². The molecule has 0 saturated carbocycles. The van der Waals surface area contributed by atoms with E-state index in [1.165, 1.54) is 0 Å². The molecule has 6 nitrogen and oxygen atoms in total. The van der Waals surface area contributed by atoms with E-state index in [0.29, 0.717) is 11.3 Å². The summed E-state index contributed by atoms with van der Waals surface area (Å²) in [6.45, 7) is -0.134. The predicted octanol–water partition coefficient (Wildman–Crippen LogP) is -0.0806. The van der Waals surface area contributed by atoms with Gasteiger partial charge in [0, 0.05) is 5.69 Å². The molecule has 1 aromatic carbocycles. The van der Waals surface area contributed by atoms with E-state index in [9.17, 15) is 9.59 Å². The molecule has 1 unspecified atom stereocenters. The standard InChI is InChI=1S/C11H14N2O4/c12-9(5-10(15)16)11(17)13-8-3-1-2-7(4-8)6-14/h1-4,9,14H,5-6,12H2,(H,13,17)(H,15,16). The molecule has 92 valence electrons. The minimum Gasteiger partial charge on any atom is -0.481 e. The maximum Gasteiger partial charge on any atom is 0.305 e. The summed E-state index contributed by atoms with van der Waals surface area (Å²) < 4.78 is 0. The maximum atomic E-state index is 11.5. The second-order valence-electron chi connectivity index (χ2n) is 3.55. The van der Waals surface area contributed by atoms with Crippen LogP contribution in [0.3, 0.4) is 0 Å². The molecule has 0 heterocycles. The van der Waals surface area contributed by atoms with Crippen LogP contribution in [0.25, 0.3) is 0 Å². The third-order valence-electron chi connectivity index (χ3n) is 2.11. The summed E-state index contributed by atoms with van der Waals surface area (Å²) in [5.41, 5.74) is 6.52. The van der Waals surface area contributed by atoms with Gasteiger partial charge in [0.2, 0.25) is 5.91 Å². The van der Waals surface area contributed by atoms with Crippen LogP contribution >= 0.6 is 0 Å². The van der Waals surface area contributed by atoms with E-state index in [4.69, 9.17) is 15.9 Å². The molecule has 0 radical (unpaired) electrons. The van der Waals surface area contributed by atoms with Gasteiger partial charge in [0.05, 0.1) is 19.1 Å². The number of nitrogens with one attached hydrogen (secondary N) is 1. The zero-order valence-electron chi connectivity index (χ0n) is 9.09. The fraction of sp³-hybridized carbons (Fsp3) is 0.273. The Morgan fingerprint density at radius 2 is 2.12 bits per heavy atom. The number of carboxylic acids is 1. The lowest BCUT2D eigenvalue weighted by Crippen LogP contribution is -2.37. The van der Waals surface area contributed by atoms with Gasteiger partial charge in [-0.2, -0.15) is 0 Å². The molecule has 1 rings (SSSR count). The number of hydrogen-bond acceptors (Lipinski definition) is 4. The first kappa shape index (κ1) is 13.1. The van der Waals surface area contributed by atoms with Crippen molar-refractivity contribution in [2.24, 2.45) is 5.73 Å². The quantitative estimate of drug-likeness (QED) is 0.573. The van der Waals surface area contributed by atoms with E-state index < -0.39 is 24.3 Å². The summed E-state index contributed by atoms with van der Waals surface area (Å²) in [5, 5.41) is 19.9. The Kier molecular flexibility index (Phi) is 4.62. The van der Waals surface area contributed by atoms with Crippen LogP contribution in [0.4, 0.5) is 5.69 Å². The number of hydrogen-bond donors (Lipinski definition) is 4. The van der Waals surface area contributed by atoms with Crippen LogP contribution in [-0.4, -0.2) is 28.1 Å². The highest BCUT2D eigenvalue weighted by Crippen LogP contribution is 2.11. The smallest absolute Gasteiger partial charge is 0.305 e. The molecule has 6 heteroatoms. The Bertz CT molecular complexity index is 420. The van der Waals surface area contributed by atoms with Gasteiger partial charge < -0.3 is 21.3 Å². The van der Waals surface area contributed by atoms with E-state index in [2.05, 4.69) is 5.32 Å². The summed E-state index contributed by atoms with van der Waals surface area (Å²) in [7, 11) is 0. The Balaban J connectivity index is 2.64. The molecule has 0 aliphatic rings. The summed E-state index contributed by atoms with van der Waals surface area (Å²) in [6, 6.07) is 5.50. The molecule has 0 bridgehead atoms. The highest BCUT2D eigenvalue weighted by atomic mass is 16.4. The second-order valence-corrected chi connectivity index (χ2v) is 3.55. The summed E-state index contributed by atoms with van der Waals surface area (Å²) in [4.78, 5) is 21.9. The third kappa shape index (κ3) is 4.21. The number of anilines is 1. The number of carbonyl (C=O) groups is 2. The lowest BCUT2D eigenvalue weighted by atomic mass is 10.2. The lowest BCUT2D eigenvalue weighted by Gasteiger charge is -2.10. The van der Waals surface area contributed by atoms with Crippen LogP contribution < -0.4 is 11.1 Å². The topological polar surface area (TPSA) is 113 Å². The van der Waals surface area contributed by atoms with Gasteiger partial charge in [-0.25, -0.2) is 0 Å². The van der Waals surface area contributed by atoms with Gasteiger partial charge in [0.25, 0.3) is 0 Å². The molecule has 0 fully saturated rings. The average Bonchev–Trinajstić information content (AvgIpc) is 2.28. The summed E-state index contributed by atoms with van der Waals surface area (Å²) in [5.74, 6) is -1.70. The van der Waals surface area contributed by atoms with Gasteiger partial charge in [-0.05, 0) is 17.7 Å². The largest absolute Gasteiger partial charge is 0.481 e. The molecular weight excluding hydrogens is 224 g/mol. The number of carbonyl (C=O) groups excluding carboxylic acids is 1. The van der Waals surface area contributed by atoms with E-state index in [-0.39, 0.29) is 6.61 Å². The fourth-order valence-electron chi connectivity index (χ4n) is 1.26. The zero-order chi connectivity index (χ0) is 12.8. The molecule has 17 heavy (non-hydrogen) atoms. The first-order valence-electron chi connectivity index (χ1n) is 5.01. The number of amides is 1. The molecule has 5 N–H and O–H groups in total. The number of benzene rings is 1. The van der Waals surface area contributed by atoms with E-state index in [0.717, 1.165) is 0 Å². The van der Waals surface area contributed by atoms with Crippen molar-refractivity contribution in [2.45, 2.75) is 19.1 Å². The minimum atomic E-state index is -1.13. The highest BCUT2D eigenvalue weighted by Gasteiger charge is 2.16. The highest BCUT2D eigenvalue weighted by molar-refractivity contribution is 5.96. The van der Waals surface area contributed by atoms with Gasteiger partial charge in [-0.15, -0.1) is 0 Å². The third-order valence-corrected chi connectivity index (χ3v) is 2.11. The van der Waals surface area contributed by atoms with Crippen LogP contribution in [0.2, 0.25) is 0 Å². The molecule has 1 amide bonds. The molecule has 0 aromatic heterocycles. The monoisotopic (exact) mass is 238 g/mol. The van der Waals surface area contributed by atoms with Crippen molar-refractivity contribution in [1.29, 1.82) is 0 Å². The zero-order valence-corrected chi connectivity index (χ0v) is 9.09. The number of aliphatic hydroxyl groups excluding tert-OH is 1. The maximum absolute atomic E-state index is 11.5. The van der Waals surface area contributed by atoms with Crippen molar-refractivity contribution < 1.29 is 19.8 Å². The molecule has 0 spiro atoms. The Labute approximate surface area is 98.1 Å². The molecular formula is C11H14N2O4. The fourth-order valence-corrected chi connectivity index (χ4v) is 1.26. The van der Waals surface area contributed by atoms with E-state index in [1.807, 2.05) is 0 Å². The van der Waals surface area contributed by atoms with Crippen LogP contribution in [-0.2, 0) is 16.2 Å². The Hall–Kier alpha value is -1.92. The number of aliphatic hydroxyl groups is 1. The first-order chi connectivity index (χ1) is 8.02. The summed E-state index contributed by atoms with van der Waals surface area (Å²) in [6.07, 6.45) is -0.425. The number of nitrogens with two attached hydrogens (primary N) is 1. The van der Waals surface area contributed by atoms with Crippen LogP contribution in [0, 0.1) is 0 Å². The van der Waals surface area contributed by atoms with Crippen LogP contribution in [0.5, 0.6) is 0 Å². The molecule has 1 aromatic rings. The summed E-state index contributed by atoms with van der Waals surface area (Å²) >= 11 is 0. The normalized spacial score (nSPS) is 11.9. The molecule has 0 aliphatic heterocycles. The minimum absolute atomic E-state index is 0.134. The van der Waals surface area contributed by atoms with Gasteiger partial charge in [-0.3, -0.25) is 9.59 Å². The predicted molar refractivity (Wildman–Crippen MR) is 61.2 cm³/mol. The number of aliphatic carboxylic acids is 1.